The van der Waals surface area contributed by atoms with E-state index in [1.165, 1.54) is 5.56 Å². The van der Waals surface area contributed by atoms with Crippen LogP contribution in [-0.4, -0.2) is 18.5 Å². The number of carbonyl (C=O) groups is 1. The molecule has 1 amide bonds. The van der Waals surface area contributed by atoms with Gasteiger partial charge in [0.15, 0.2) is 0 Å². The molecule has 0 aromatic heterocycles. The van der Waals surface area contributed by atoms with Gasteiger partial charge in [-0.25, -0.2) is 0 Å². The summed E-state index contributed by atoms with van der Waals surface area (Å²) in [6.07, 6.45) is 3.87. The first kappa shape index (κ1) is 13.1. The van der Waals surface area contributed by atoms with Crippen molar-refractivity contribution >= 4 is 5.91 Å². The molecule has 1 aromatic carbocycles. The van der Waals surface area contributed by atoms with Crippen LogP contribution in [0.1, 0.15) is 31.7 Å². The standard InChI is InChI=1S/C15H22N2O/c1-12(10-13-6-3-2-4-7-13)17-14(18)15(11-16)8-5-9-15/h2-4,6-7,12H,5,8-11,16H2,1H3,(H,17,18). The third kappa shape index (κ3) is 2.72. The largest absolute Gasteiger partial charge is 0.353 e. The minimum absolute atomic E-state index is 0.139. The number of benzene rings is 1. The number of rotatable bonds is 5. The molecule has 1 unspecified atom stereocenters. The third-order valence-electron chi connectivity index (χ3n) is 3.95. The van der Waals surface area contributed by atoms with Crippen molar-refractivity contribution in [1.29, 1.82) is 0 Å². The minimum atomic E-state index is -0.273. The summed E-state index contributed by atoms with van der Waals surface area (Å²) in [6, 6.07) is 10.4. The maximum Gasteiger partial charge on any atom is 0.227 e. The molecule has 3 heteroatoms. The van der Waals surface area contributed by atoms with E-state index in [0.29, 0.717) is 6.54 Å². The summed E-state index contributed by atoms with van der Waals surface area (Å²) in [5.41, 5.74) is 6.71. The van der Waals surface area contributed by atoms with Crippen molar-refractivity contribution in [1.82, 2.24) is 5.32 Å². The Bertz CT molecular complexity index is 393. The van der Waals surface area contributed by atoms with Crippen molar-refractivity contribution in [2.75, 3.05) is 6.54 Å². The second-order valence-electron chi connectivity index (χ2n) is 5.40. The van der Waals surface area contributed by atoms with Crippen LogP contribution in [0.3, 0.4) is 0 Å². The lowest BCUT2D eigenvalue weighted by Crippen LogP contribution is -2.52. The maximum absolute atomic E-state index is 12.2. The van der Waals surface area contributed by atoms with Crippen molar-refractivity contribution in [2.24, 2.45) is 11.1 Å². The molecular formula is C15H22N2O. The molecule has 0 aliphatic heterocycles. The zero-order valence-corrected chi connectivity index (χ0v) is 11.0. The zero-order valence-electron chi connectivity index (χ0n) is 11.0. The zero-order chi connectivity index (χ0) is 13.0. The number of hydrogen-bond acceptors (Lipinski definition) is 2. The Morgan fingerprint density at radius 2 is 2.06 bits per heavy atom. The molecule has 1 fully saturated rings. The summed E-state index contributed by atoms with van der Waals surface area (Å²) in [5, 5.41) is 3.10. The molecule has 2 rings (SSSR count). The predicted molar refractivity (Wildman–Crippen MR) is 73.1 cm³/mol. The topological polar surface area (TPSA) is 55.1 Å². The molecule has 0 heterocycles. The number of nitrogens with one attached hydrogen (secondary N) is 1. The van der Waals surface area contributed by atoms with Crippen LogP contribution < -0.4 is 11.1 Å². The van der Waals surface area contributed by atoms with Crippen molar-refractivity contribution in [3.05, 3.63) is 35.9 Å². The predicted octanol–water partition coefficient (Wildman–Crippen LogP) is 1.86. The van der Waals surface area contributed by atoms with Gasteiger partial charge >= 0.3 is 0 Å². The second-order valence-corrected chi connectivity index (χ2v) is 5.40. The highest BCUT2D eigenvalue weighted by molar-refractivity contribution is 5.84. The average Bonchev–Trinajstić information content (AvgIpc) is 2.29. The highest BCUT2D eigenvalue weighted by Crippen LogP contribution is 2.40. The Kier molecular flexibility index (Phi) is 4.02. The van der Waals surface area contributed by atoms with Crippen molar-refractivity contribution in [2.45, 2.75) is 38.6 Å². The molecule has 0 saturated heterocycles. The van der Waals surface area contributed by atoms with Gasteiger partial charge in [-0.3, -0.25) is 4.79 Å². The molecule has 0 bridgehead atoms. The lowest BCUT2D eigenvalue weighted by Gasteiger charge is -2.39. The van der Waals surface area contributed by atoms with E-state index >= 15 is 0 Å². The fourth-order valence-corrected chi connectivity index (χ4v) is 2.52. The highest BCUT2D eigenvalue weighted by Gasteiger charge is 2.42. The van der Waals surface area contributed by atoms with E-state index in [9.17, 15) is 4.79 Å². The second kappa shape index (κ2) is 5.53. The van der Waals surface area contributed by atoms with E-state index in [1.807, 2.05) is 25.1 Å². The highest BCUT2D eigenvalue weighted by atomic mass is 16.2. The van der Waals surface area contributed by atoms with E-state index in [2.05, 4.69) is 17.4 Å². The summed E-state index contributed by atoms with van der Waals surface area (Å²) >= 11 is 0. The molecule has 1 aliphatic carbocycles. The molecule has 18 heavy (non-hydrogen) atoms. The van der Waals surface area contributed by atoms with Gasteiger partial charge in [0.05, 0.1) is 5.41 Å². The number of nitrogens with two attached hydrogens (primary N) is 1. The molecule has 0 spiro atoms. The number of amides is 1. The van der Waals surface area contributed by atoms with Gasteiger partial charge in [0.2, 0.25) is 5.91 Å². The van der Waals surface area contributed by atoms with E-state index < -0.39 is 0 Å². The fraction of sp³-hybridized carbons (Fsp3) is 0.533. The molecule has 3 N–H and O–H groups in total. The number of carbonyl (C=O) groups excluding carboxylic acids is 1. The van der Waals surface area contributed by atoms with Crippen LogP contribution in [0.4, 0.5) is 0 Å². The molecule has 3 nitrogen and oxygen atoms in total. The summed E-state index contributed by atoms with van der Waals surface area (Å²) in [4.78, 5) is 12.2. The van der Waals surface area contributed by atoms with Gasteiger partial charge in [-0.1, -0.05) is 36.8 Å². The average molecular weight is 246 g/mol. The Morgan fingerprint density at radius 1 is 1.39 bits per heavy atom. The molecule has 0 radical (unpaired) electrons. The lowest BCUT2D eigenvalue weighted by atomic mass is 9.68. The van der Waals surface area contributed by atoms with Crippen LogP contribution in [0.25, 0.3) is 0 Å². The SMILES string of the molecule is CC(Cc1ccccc1)NC(=O)C1(CN)CCC1. The molecular weight excluding hydrogens is 224 g/mol. The van der Waals surface area contributed by atoms with E-state index in [1.54, 1.807) is 0 Å². The van der Waals surface area contributed by atoms with Crippen LogP contribution in [0.5, 0.6) is 0 Å². The quantitative estimate of drug-likeness (QED) is 0.833. The van der Waals surface area contributed by atoms with Gasteiger partial charge in [0.25, 0.3) is 0 Å². The van der Waals surface area contributed by atoms with Gasteiger partial charge in [0, 0.05) is 12.6 Å². The monoisotopic (exact) mass is 246 g/mol. The minimum Gasteiger partial charge on any atom is -0.353 e. The normalized spacial score (nSPS) is 18.8. The Hall–Kier alpha value is -1.35. The Labute approximate surface area is 109 Å². The smallest absolute Gasteiger partial charge is 0.227 e. The Morgan fingerprint density at radius 3 is 2.56 bits per heavy atom. The van der Waals surface area contributed by atoms with Crippen molar-refractivity contribution in [3.63, 3.8) is 0 Å². The van der Waals surface area contributed by atoms with Crippen LogP contribution >= 0.6 is 0 Å². The van der Waals surface area contributed by atoms with Gasteiger partial charge < -0.3 is 11.1 Å². The van der Waals surface area contributed by atoms with E-state index in [0.717, 1.165) is 25.7 Å². The van der Waals surface area contributed by atoms with E-state index in [-0.39, 0.29) is 17.4 Å². The van der Waals surface area contributed by atoms with Gasteiger partial charge in [0.1, 0.15) is 0 Å². The summed E-state index contributed by atoms with van der Waals surface area (Å²) < 4.78 is 0. The van der Waals surface area contributed by atoms with Crippen LogP contribution in [0.2, 0.25) is 0 Å². The van der Waals surface area contributed by atoms with Gasteiger partial charge in [-0.2, -0.15) is 0 Å². The van der Waals surface area contributed by atoms with Crippen molar-refractivity contribution in [3.8, 4) is 0 Å². The fourth-order valence-electron chi connectivity index (χ4n) is 2.52. The van der Waals surface area contributed by atoms with Crippen LogP contribution in [0, 0.1) is 5.41 Å². The van der Waals surface area contributed by atoms with Gasteiger partial charge in [-0.05, 0) is 31.7 Å². The first-order chi connectivity index (χ1) is 8.66. The van der Waals surface area contributed by atoms with Crippen LogP contribution in [-0.2, 0) is 11.2 Å². The summed E-state index contributed by atoms with van der Waals surface area (Å²) in [5.74, 6) is 0.139. The molecule has 98 valence electrons. The molecule has 1 saturated carbocycles. The van der Waals surface area contributed by atoms with Crippen molar-refractivity contribution < 1.29 is 4.79 Å². The number of hydrogen-bond donors (Lipinski definition) is 2. The third-order valence-corrected chi connectivity index (χ3v) is 3.95. The summed E-state index contributed by atoms with van der Waals surface area (Å²) in [6.45, 7) is 2.52. The molecule has 1 aliphatic rings. The summed E-state index contributed by atoms with van der Waals surface area (Å²) in [7, 11) is 0. The van der Waals surface area contributed by atoms with Gasteiger partial charge in [-0.15, -0.1) is 0 Å². The maximum atomic E-state index is 12.2. The Balaban J connectivity index is 1.88. The lowest BCUT2D eigenvalue weighted by molar-refractivity contribution is -0.135. The first-order valence-corrected chi connectivity index (χ1v) is 6.71. The first-order valence-electron chi connectivity index (χ1n) is 6.71. The molecule has 1 atom stereocenters. The van der Waals surface area contributed by atoms with Crippen LogP contribution in [0.15, 0.2) is 30.3 Å². The molecule has 1 aromatic rings. The van der Waals surface area contributed by atoms with E-state index in [4.69, 9.17) is 5.73 Å².